The molecular formula is C22H21FN4O3S. The van der Waals surface area contributed by atoms with Gasteiger partial charge in [0.1, 0.15) is 11.6 Å². The largest absolute Gasteiger partial charge is 0.356 e. The van der Waals surface area contributed by atoms with Gasteiger partial charge in [-0.1, -0.05) is 30.0 Å². The molecule has 0 radical (unpaired) electrons. The zero-order valence-electron chi connectivity index (χ0n) is 16.5. The number of thioether (sulfide) groups is 1. The molecule has 3 aromatic rings. The Hall–Kier alpha value is -3.01. The maximum Gasteiger partial charge on any atom is 0.253 e. The van der Waals surface area contributed by atoms with Crippen LogP contribution in [0.2, 0.25) is 0 Å². The number of nitrogens with zero attached hydrogens (tertiary/aromatic N) is 3. The van der Waals surface area contributed by atoms with Crippen LogP contribution >= 0.6 is 11.8 Å². The van der Waals surface area contributed by atoms with Gasteiger partial charge < -0.3 is 20.4 Å². The highest BCUT2D eigenvalue weighted by Crippen LogP contribution is 2.27. The van der Waals surface area contributed by atoms with Gasteiger partial charge in [-0.25, -0.2) is 9.37 Å². The van der Waals surface area contributed by atoms with Gasteiger partial charge in [0.2, 0.25) is 5.12 Å². The number of aliphatic hydroxyl groups is 2. The number of anilines is 1. The first-order valence-corrected chi connectivity index (χ1v) is 10.7. The normalized spacial score (nSPS) is 15.5. The Balaban J connectivity index is 1.34. The van der Waals surface area contributed by atoms with Crippen LogP contribution in [0.5, 0.6) is 0 Å². The average Bonchev–Trinajstić information content (AvgIpc) is 2.77. The van der Waals surface area contributed by atoms with Gasteiger partial charge >= 0.3 is 0 Å². The van der Waals surface area contributed by atoms with E-state index in [0.29, 0.717) is 34.9 Å². The summed E-state index contributed by atoms with van der Waals surface area (Å²) in [4.78, 5) is 22.8. The fourth-order valence-electron chi connectivity index (χ4n) is 3.23. The van der Waals surface area contributed by atoms with Crippen molar-refractivity contribution in [1.82, 2.24) is 15.3 Å². The molecule has 0 unspecified atom stereocenters. The van der Waals surface area contributed by atoms with Gasteiger partial charge in [0.05, 0.1) is 17.8 Å². The fraction of sp³-hybridized carbons (Fsp3) is 0.227. The smallest absolute Gasteiger partial charge is 0.253 e. The summed E-state index contributed by atoms with van der Waals surface area (Å²) in [5.41, 5.74) is 2.44. The van der Waals surface area contributed by atoms with Crippen LogP contribution < -0.4 is 10.2 Å². The molecule has 1 amide bonds. The van der Waals surface area contributed by atoms with E-state index in [-0.39, 0.29) is 24.8 Å². The quantitative estimate of drug-likeness (QED) is 0.524. The molecule has 4 rings (SSSR count). The van der Waals surface area contributed by atoms with Gasteiger partial charge in [-0.3, -0.25) is 9.78 Å². The molecule has 1 saturated heterocycles. The number of carbonyl (C=O) groups is 1. The lowest BCUT2D eigenvalue weighted by Crippen LogP contribution is -2.46. The van der Waals surface area contributed by atoms with Crippen molar-refractivity contribution >= 4 is 23.5 Å². The number of hydrogen-bond donors (Lipinski definition) is 3. The van der Waals surface area contributed by atoms with Gasteiger partial charge in [0.15, 0.2) is 0 Å². The van der Waals surface area contributed by atoms with Crippen molar-refractivity contribution in [3.8, 4) is 11.3 Å². The molecule has 1 aliphatic heterocycles. The van der Waals surface area contributed by atoms with E-state index in [4.69, 9.17) is 0 Å². The molecule has 160 valence electrons. The lowest BCUT2D eigenvalue weighted by atomic mass is 10.1. The third-order valence-electron chi connectivity index (χ3n) is 4.82. The van der Waals surface area contributed by atoms with E-state index in [1.807, 2.05) is 11.0 Å². The second kappa shape index (κ2) is 9.01. The number of benzene rings is 1. The van der Waals surface area contributed by atoms with Crippen LogP contribution in [0.4, 0.5) is 10.2 Å². The predicted octanol–water partition coefficient (Wildman–Crippen LogP) is 2.40. The van der Waals surface area contributed by atoms with Crippen molar-refractivity contribution in [3.05, 3.63) is 77.9 Å². The number of pyridine rings is 2. The third-order valence-corrected chi connectivity index (χ3v) is 5.80. The maximum atomic E-state index is 13.4. The van der Waals surface area contributed by atoms with Gasteiger partial charge in [-0.2, -0.15) is 0 Å². The molecule has 0 spiro atoms. The number of halogens is 1. The molecule has 31 heavy (non-hydrogen) atoms. The summed E-state index contributed by atoms with van der Waals surface area (Å²) < 4.78 is 13.4. The summed E-state index contributed by atoms with van der Waals surface area (Å²) in [5.74, 6) is 0.631. The van der Waals surface area contributed by atoms with Crippen molar-refractivity contribution in [1.29, 1.82) is 0 Å². The van der Waals surface area contributed by atoms with Crippen LogP contribution in [0.15, 0.2) is 60.9 Å². The SMILES string of the molecule is O=C(NCc1ccc(N2CCSC(O)(O)C2)nc1)c1ccc(-c2cccc(F)c2)nc1. The maximum absolute atomic E-state index is 13.4. The molecule has 0 aliphatic carbocycles. The van der Waals surface area contributed by atoms with E-state index in [1.165, 1.54) is 18.3 Å². The monoisotopic (exact) mass is 440 g/mol. The molecule has 3 heterocycles. The van der Waals surface area contributed by atoms with E-state index in [1.54, 1.807) is 36.5 Å². The van der Waals surface area contributed by atoms with Crippen LogP contribution in [0.25, 0.3) is 11.3 Å². The summed E-state index contributed by atoms with van der Waals surface area (Å²) in [5, 5.41) is 20.6. The van der Waals surface area contributed by atoms with Crippen molar-refractivity contribution in [2.75, 3.05) is 23.7 Å². The average molecular weight is 441 g/mol. The number of amides is 1. The van der Waals surface area contributed by atoms with Crippen LogP contribution in [-0.4, -0.2) is 50.0 Å². The lowest BCUT2D eigenvalue weighted by Gasteiger charge is -2.35. The number of rotatable bonds is 5. The van der Waals surface area contributed by atoms with Gasteiger partial charge in [0, 0.05) is 36.8 Å². The minimum absolute atomic E-state index is 0.0827. The molecule has 7 nitrogen and oxygen atoms in total. The molecular weight excluding hydrogens is 419 g/mol. The standard InChI is InChI=1S/C22H21FN4O3S/c23-18-3-1-2-16(10-18)19-6-5-17(13-24-19)21(28)26-12-15-4-7-20(25-11-15)27-8-9-31-22(29,30)14-27/h1-7,10-11,13,29-30H,8-9,12,14H2,(H,26,28). The summed E-state index contributed by atoms with van der Waals surface area (Å²) >= 11 is 1.10. The van der Waals surface area contributed by atoms with Crippen LogP contribution in [0, 0.1) is 5.82 Å². The van der Waals surface area contributed by atoms with Crippen molar-refractivity contribution in [2.45, 2.75) is 11.7 Å². The molecule has 1 aromatic carbocycles. The molecule has 0 atom stereocenters. The van der Waals surface area contributed by atoms with Gasteiger partial charge in [-0.15, -0.1) is 0 Å². The van der Waals surface area contributed by atoms with Crippen molar-refractivity contribution in [3.63, 3.8) is 0 Å². The first-order valence-electron chi connectivity index (χ1n) is 9.68. The van der Waals surface area contributed by atoms with E-state index >= 15 is 0 Å². The molecule has 2 aromatic heterocycles. The number of nitrogens with one attached hydrogen (secondary N) is 1. The van der Waals surface area contributed by atoms with Gasteiger partial charge in [0.25, 0.3) is 5.91 Å². The number of carbonyl (C=O) groups excluding carboxylic acids is 1. The Bertz CT molecular complexity index is 1060. The highest BCUT2D eigenvalue weighted by Gasteiger charge is 2.32. The molecule has 0 bridgehead atoms. The van der Waals surface area contributed by atoms with E-state index < -0.39 is 5.12 Å². The van der Waals surface area contributed by atoms with Gasteiger partial charge in [-0.05, 0) is 35.9 Å². The first-order chi connectivity index (χ1) is 14.9. The van der Waals surface area contributed by atoms with E-state index in [2.05, 4.69) is 15.3 Å². The van der Waals surface area contributed by atoms with E-state index in [9.17, 15) is 19.4 Å². The summed E-state index contributed by atoms with van der Waals surface area (Å²) in [6.07, 6.45) is 3.11. The zero-order valence-corrected chi connectivity index (χ0v) is 17.3. The second-order valence-electron chi connectivity index (χ2n) is 7.16. The third kappa shape index (κ3) is 5.38. The number of hydrogen-bond acceptors (Lipinski definition) is 7. The topological polar surface area (TPSA) is 98.6 Å². The minimum atomic E-state index is -1.77. The van der Waals surface area contributed by atoms with Crippen molar-refractivity contribution < 1.29 is 19.4 Å². The summed E-state index contributed by atoms with van der Waals surface area (Å²) in [6, 6.07) is 13.1. The van der Waals surface area contributed by atoms with Crippen molar-refractivity contribution in [2.24, 2.45) is 0 Å². The Kier molecular flexibility index (Phi) is 6.17. The molecule has 1 aliphatic rings. The Labute approximate surface area is 183 Å². The van der Waals surface area contributed by atoms with Crippen LogP contribution in [0.1, 0.15) is 15.9 Å². The number of β-amino-alcohol motifs (C(OH)–C–C–N with tert-alkyl or cyclic N) is 2. The lowest BCUT2D eigenvalue weighted by molar-refractivity contribution is -0.0699. The Morgan fingerprint density at radius 3 is 2.71 bits per heavy atom. The Morgan fingerprint density at radius 2 is 2.03 bits per heavy atom. The predicted molar refractivity (Wildman–Crippen MR) is 117 cm³/mol. The molecule has 3 N–H and O–H groups in total. The number of aromatic nitrogens is 2. The minimum Gasteiger partial charge on any atom is -0.356 e. The molecule has 0 saturated carbocycles. The second-order valence-corrected chi connectivity index (χ2v) is 8.51. The zero-order chi connectivity index (χ0) is 21.8. The molecule has 1 fully saturated rings. The summed E-state index contributed by atoms with van der Waals surface area (Å²) in [6.45, 7) is 1.05. The first kappa shape index (κ1) is 21.2. The molecule has 9 heteroatoms. The van der Waals surface area contributed by atoms with Crippen LogP contribution in [-0.2, 0) is 6.54 Å². The summed E-state index contributed by atoms with van der Waals surface area (Å²) in [7, 11) is 0. The highest BCUT2D eigenvalue weighted by atomic mass is 32.2. The van der Waals surface area contributed by atoms with E-state index in [0.717, 1.165) is 17.3 Å². The van der Waals surface area contributed by atoms with Crippen LogP contribution in [0.3, 0.4) is 0 Å². The fourth-order valence-corrected chi connectivity index (χ4v) is 4.11. The highest BCUT2D eigenvalue weighted by molar-refractivity contribution is 8.00. The Morgan fingerprint density at radius 1 is 1.16 bits per heavy atom.